The number of anilines is 1. The minimum absolute atomic E-state index is 0.0364. The van der Waals surface area contributed by atoms with E-state index >= 15 is 0 Å². The molecule has 3 N–H and O–H groups in total. The van der Waals surface area contributed by atoms with Crippen molar-refractivity contribution in [2.75, 3.05) is 5.32 Å². The zero-order valence-corrected chi connectivity index (χ0v) is 15.8. The lowest BCUT2D eigenvalue weighted by molar-refractivity contribution is 0.102. The van der Waals surface area contributed by atoms with Gasteiger partial charge in [-0.2, -0.15) is 0 Å². The molecule has 5 nitrogen and oxygen atoms in total. The highest BCUT2D eigenvalue weighted by atomic mass is 32.1. The summed E-state index contributed by atoms with van der Waals surface area (Å²) < 4.78 is 14.0. The molecule has 2 heterocycles. The Morgan fingerprint density at radius 2 is 2.19 bits per heavy atom. The highest BCUT2D eigenvalue weighted by molar-refractivity contribution is 7.18. The number of aromatic amines is 1. The molecule has 0 fully saturated rings. The number of rotatable bonds is 2. The Hall–Kier alpha value is -2.67. The van der Waals surface area contributed by atoms with Gasteiger partial charge in [0.15, 0.2) is 0 Å². The van der Waals surface area contributed by atoms with Crippen molar-refractivity contribution in [1.29, 1.82) is 0 Å². The third-order valence-electron chi connectivity index (χ3n) is 5.04. The van der Waals surface area contributed by atoms with Crippen molar-refractivity contribution < 1.29 is 14.3 Å². The topological polar surface area (TPSA) is 82.2 Å². The summed E-state index contributed by atoms with van der Waals surface area (Å²) in [6.45, 7) is 3.91. The van der Waals surface area contributed by atoms with Crippen LogP contribution < -0.4 is 10.9 Å². The highest BCUT2D eigenvalue weighted by Crippen LogP contribution is 2.41. The van der Waals surface area contributed by atoms with Crippen molar-refractivity contribution in [1.82, 2.24) is 4.98 Å². The molecule has 0 unspecified atom stereocenters. The lowest BCUT2D eigenvalue weighted by atomic mass is 9.89. The number of aromatic nitrogens is 1. The van der Waals surface area contributed by atoms with E-state index in [1.807, 2.05) is 0 Å². The van der Waals surface area contributed by atoms with Gasteiger partial charge in [-0.15, -0.1) is 11.3 Å². The summed E-state index contributed by atoms with van der Waals surface area (Å²) in [6.07, 6.45) is 2.68. The molecule has 7 heteroatoms. The van der Waals surface area contributed by atoms with E-state index in [-0.39, 0.29) is 17.0 Å². The number of carbonyl (C=O) groups excluding carboxylic acids is 1. The van der Waals surface area contributed by atoms with Crippen molar-refractivity contribution in [3.8, 4) is 5.75 Å². The van der Waals surface area contributed by atoms with Gasteiger partial charge in [0.05, 0.1) is 11.1 Å². The van der Waals surface area contributed by atoms with E-state index in [1.165, 1.54) is 23.5 Å². The number of benzene rings is 1. The summed E-state index contributed by atoms with van der Waals surface area (Å²) in [5, 5.41) is 13.7. The summed E-state index contributed by atoms with van der Waals surface area (Å²) in [7, 11) is 0. The number of fused-ring (bicyclic) bond motifs is 3. The predicted molar refractivity (Wildman–Crippen MR) is 104 cm³/mol. The minimum atomic E-state index is -0.831. The van der Waals surface area contributed by atoms with Crippen LogP contribution in [0.15, 0.2) is 23.0 Å². The third kappa shape index (κ3) is 3.02. The maximum absolute atomic E-state index is 14.0. The Bertz CT molecular complexity index is 1130. The molecular weight excluding hydrogens is 367 g/mol. The Morgan fingerprint density at radius 1 is 1.41 bits per heavy atom. The maximum Gasteiger partial charge on any atom is 0.265 e. The van der Waals surface area contributed by atoms with Gasteiger partial charge in [-0.1, -0.05) is 13.0 Å². The molecule has 1 aromatic carbocycles. The van der Waals surface area contributed by atoms with Gasteiger partial charge in [-0.25, -0.2) is 4.39 Å². The zero-order chi connectivity index (χ0) is 19.3. The summed E-state index contributed by atoms with van der Waals surface area (Å²) in [4.78, 5) is 29.5. The molecule has 0 saturated carbocycles. The number of aryl methyl sites for hydroxylation is 2. The van der Waals surface area contributed by atoms with Crippen LogP contribution in [-0.2, 0) is 12.8 Å². The average molecular weight is 386 g/mol. The molecule has 4 rings (SSSR count). The molecule has 1 atom stereocenters. The first-order valence-corrected chi connectivity index (χ1v) is 9.63. The maximum atomic E-state index is 14.0. The molecule has 0 radical (unpaired) electrons. The SMILES string of the molecule is Cc1ccc(NC(=O)c2c(O)c3c4c(sc3[nH]c2=O)C[C@H](C)CC4)c(F)c1. The fraction of sp³-hybridized carbons (Fsp3) is 0.300. The first-order valence-electron chi connectivity index (χ1n) is 8.82. The standard InChI is InChI=1S/C20H19FN2O3S/c1-9-4-6-13(12(21)7-9)22-18(25)16-17(24)15-11-5-3-10(2)8-14(11)27-20(15)23-19(16)26/h4,6-7,10H,3,5,8H2,1-2H3,(H,22,25)(H2,23,24,26)/t10-/m1/s1. The fourth-order valence-corrected chi connectivity index (χ4v) is 5.01. The molecule has 1 aliphatic carbocycles. The number of thiophene rings is 1. The van der Waals surface area contributed by atoms with Crippen LogP contribution in [0.4, 0.5) is 10.1 Å². The number of pyridine rings is 1. The molecule has 3 aromatic rings. The van der Waals surface area contributed by atoms with E-state index in [1.54, 1.807) is 13.0 Å². The van der Waals surface area contributed by atoms with E-state index in [0.717, 1.165) is 29.7 Å². The van der Waals surface area contributed by atoms with Gasteiger partial charge in [0.2, 0.25) is 0 Å². The van der Waals surface area contributed by atoms with Crippen molar-refractivity contribution >= 4 is 33.1 Å². The first-order chi connectivity index (χ1) is 12.8. The predicted octanol–water partition coefficient (Wildman–Crippen LogP) is 4.12. The van der Waals surface area contributed by atoms with Gasteiger partial charge in [0, 0.05) is 4.88 Å². The Morgan fingerprint density at radius 3 is 2.93 bits per heavy atom. The van der Waals surface area contributed by atoms with E-state index in [2.05, 4.69) is 17.2 Å². The van der Waals surface area contributed by atoms with Crippen molar-refractivity contribution in [2.24, 2.45) is 5.92 Å². The lowest BCUT2D eigenvalue weighted by Crippen LogP contribution is -2.23. The molecule has 27 heavy (non-hydrogen) atoms. The van der Waals surface area contributed by atoms with Gasteiger partial charge >= 0.3 is 0 Å². The summed E-state index contributed by atoms with van der Waals surface area (Å²) >= 11 is 1.45. The zero-order valence-electron chi connectivity index (χ0n) is 15.0. The largest absolute Gasteiger partial charge is 0.506 e. The van der Waals surface area contributed by atoms with E-state index in [9.17, 15) is 19.1 Å². The van der Waals surface area contributed by atoms with Crippen LogP contribution in [0.3, 0.4) is 0 Å². The van der Waals surface area contributed by atoms with Gasteiger partial charge in [0.1, 0.15) is 22.0 Å². The number of amides is 1. The third-order valence-corrected chi connectivity index (χ3v) is 6.21. The van der Waals surface area contributed by atoms with Crippen molar-refractivity contribution in [2.45, 2.75) is 33.1 Å². The van der Waals surface area contributed by atoms with E-state index in [4.69, 9.17) is 0 Å². The van der Waals surface area contributed by atoms with Gasteiger partial charge < -0.3 is 15.4 Å². The Labute approximate surface area is 158 Å². The second kappa shape index (κ2) is 6.49. The van der Waals surface area contributed by atoms with Gasteiger partial charge in [-0.05, 0) is 55.4 Å². The van der Waals surface area contributed by atoms with Crippen molar-refractivity contribution in [3.63, 3.8) is 0 Å². The van der Waals surface area contributed by atoms with Gasteiger partial charge in [-0.3, -0.25) is 9.59 Å². The quantitative estimate of drug-likeness (QED) is 0.620. The molecule has 0 aliphatic heterocycles. The van der Waals surface area contributed by atoms with E-state index in [0.29, 0.717) is 21.7 Å². The molecule has 0 spiro atoms. The van der Waals surface area contributed by atoms with Crippen molar-refractivity contribution in [3.05, 3.63) is 55.9 Å². The molecule has 0 bridgehead atoms. The fourth-order valence-electron chi connectivity index (χ4n) is 3.60. The van der Waals surface area contributed by atoms with Crippen LogP contribution >= 0.6 is 11.3 Å². The number of aromatic hydroxyl groups is 1. The highest BCUT2D eigenvalue weighted by Gasteiger charge is 2.27. The molecular formula is C20H19FN2O3S. The lowest BCUT2D eigenvalue weighted by Gasteiger charge is -2.18. The Kier molecular flexibility index (Phi) is 4.26. The van der Waals surface area contributed by atoms with Crippen LogP contribution in [0.5, 0.6) is 5.75 Å². The molecule has 0 saturated heterocycles. The number of H-pyrrole nitrogens is 1. The molecule has 1 aliphatic rings. The van der Waals surface area contributed by atoms with Crippen LogP contribution in [0, 0.1) is 18.7 Å². The Balaban J connectivity index is 1.79. The smallest absolute Gasteiger partial charge is 0.265 e. The number of hydrogen-bond donors (Lipinski definition) is 3. The normalized spacial score (nSPS) is 16.3. The molecule has 1 amide bonds. The number of nitrogens with one attached hydrogen (secondary N) is 2. The summed E-state index contributed by atoms with van der Waals surface area (Å²) in [5.41, 5.74) is 0.605. The molecule has 140 valence electrons. The number of hydrogen-bond acceptors (Lipinski definition) is 4. The monoisotopic (exact) mass is 386 g/mol. The van der Waals surface area contributed by atoms with Crippen LogP contribution in [0.2, 0.25) is 0 Å². The summed E-state index contributed by atoms with van der Waals surface area (Å²) in [5.74, 6) is -1.21. The van der Waals surface area contributed by atoms with Gasteiger partial charge in [0.25, 0.3) is 11.5 Å². The average Bonchev–Trinajstić information content (AvgIpc) is 2.94. The van der Waals surface area contributed by atoms with Crippen LogP contribution in [-0.4, -0.2) is 16.0 Å². The minimum Gasteiger partial charge on any atom is -0.506 e. The van der Waals surface area contributed by atoms with Crippen LogP contribution in [0.25, 0.3) is 10.2 Å². The number of carbonyl (C=O) groups is 1. The van der Waals surface area contributed by atoms with E-state index < -0.39 is 17.3 Å². The molecule has 2 aromatic heterocycles. The van der Waals surface area contributed by atoms with Crippen LogP contribution in [0.1, 0.15) is 39.7 Å². The number of halogens is 1. The summed E-state index contributed by atoms with van der Waals surface area (Å²) in [6, 6.07) is 4.38. The first kappa shape index (κ1) is 17.7. The second-order valence-corrected chi connectivity index (χ2v) is 8.28. The second-order valence-electron chi connectivity index (χ2n) is 7.17.